The molecule has 22 heavy (non-hydrogen) atoms. The Labute approximate surface area is 132 Å². The molecule has 1 aliphatic rings. The summed E-state index contributed by atoms with van der Waals surface area (Å²) in [5.41, 5.74) is 0.804. The van der Waals surface area contributed by atoms with Crippen LogP contribution in [0.4, 0.5) is 5.69 Å². The third-order valence-electron chi connectivity index (χ3n) is 3.42. The Morgan fingerprint density at radius 2 is 2.18 bits per heavy atom. The topological polar surface area (TPSA) is 71.3 Å². The summed E-state index contributed by atoms with van der Waals surface area (Å²) in [6.45, 7) is 1.85. The van der Waals surface area contributed by atoms with Gasteiger partial charge in [-0.3, -0.25) is 9.59 Å². The van der Waals surface area contributed by atoms with Gasteiger partial charge in [0.05, 0.1) is 23.2 Å². The van der Waals surface area contributed by atoms with Crippen molar-refractivity contribution < 1.29 is 14.0 Å². The number of hydrogen-bond donors (Lipinski definition) is 2. The molecule has 2 heterocycles. The second-order valence-corrected chi connectivity index (χ2v) is 6.35. The highest BCUT2D eigenvalue weighted by atomic mass is 32.2. The minimum Gasteiger partial charge on any atom is -0.467 e. The van der Waals surface area contributed by atoms with Gasteiger partial charge in [-0.25, -0.2) is 0 Å². The van der Waals surface area contributed by atoms with Crippen LogP contribution in [0, 0.1) is 0 Å². The predicted molar refractivity (Wildman–Crippen MR) is 84.6 cm³/mol. The normalized spacial score (nSPS) is 18.2. The zero-order chi connectivity index (χ0) is 15.5. The van der Waals surface area contributed by atoms with Gasteiger partial charge in [-0.1, -0.05) is 12.1 Å². The summed E-state index contributed by atoms with van der Waals surface area (Å²) >= 11 is 1.42. The van der Waals surface area contributed by atoms with Crippen molar-refractivity contribution in [1.29, 1.82) is 0 Å². The summed E-state index contributed by atoms with van der Waals surface area (Å²) in [5.74, 6) is 0.389. The Kier molecular flexibility index (Phi) is 4.20. The highest BCUT2D eigenvalue weighted by Crippen LogP contribution is 2.36. The first-order valence-corrected chi connectivity index (χ1v) is 7.91. The number of rotatable bonds is 4. The zero-order valence-electron chi connectivity index (χ0n) is 12.0. The summed E-state index contributed by atoms with van der Waals surface area (Å²) in [7, 11) is 0. The fourth-order valence-corrected chi connectivity index (χ4v) is 3.41. The van der Waals surface area contributed by atoms with Gasteiger partial charge in [0.25, 0.3) is 0 Å². The molecule has 3 rings (SSSR count). The molecule has 6 heteroatoms. The molecule has 0 saturated heterocycles. The van der Waals surface area contributed by atoms with Crippen LogP contribution in [0.2, 0.25) is 0 Å². The third-order valence-corrected chi connectivity index (χ3v) is 4.70. The summed E-state index contributed by atoms with van der Waals surface area (Å²) in [6.07, 6.45) is 1.70. The van der Waals surface area contributed by atoms with Crippen molar-refractivity contribution in [2.24, 2.45) is 0 Å². The molecule has 0 saturated carbocycles. The second-order valence-electron chi connectivity index (χ2n) is 5.10. The number of benzene rings is 1. The molecule has 0 radical (unpaired) electrons. The van der Waals surface area contributed by atoms with Gasteiger partial charge in [0.2, 0.25) is 11.8 Å². The minimum absolute atomic E-state index is 0.135. The molecule has 0 spiro atoms. The first-order chi connectivity index (χ1) is 10.6. The monoisotopic (exact) mass is 316 g/mol. The van der Waals surface area contributed by atoms with Crippen molar-refractivity contribution in [3.05, 3.63) is 48.4 Å². The van der Waals surface area contributed by atoms with Gasteiger partial charge in [0.1, 0.15) is 5.76 Å². The summed E-state index contributed by atoms with van der Waals surface area (Å²) in [6, 6.07) is 11.0. The van der Waals surface area contributed by atoms with Gasteiger partial charge in [0, 0.05) is 11.3 Å². The number of fused-ring (bicyclic) bond motifs is 1. The Hall–Kier alpha value is -2.21. The number of thioether (sulfide) groups is 1. The van der Waals surface area contributed by atoms with Crippen molar-refractivity contribution in [3.63, 3.8) is 0 Å². The molecule has 1 aromatic carbocycles. The van der Waals surface area contributed by atoms with Gasteiger partial charge < -0.3 is 15.1 Å². The standard InChI is InChI=1S/C16H16N2O3S/c1-10(12-6-4-8-21-12)17-15(19)9-14-16(20)18-11-5-2-3-7-13(11)22-14/h2-8,10,14H,9H2,1H3,(H,17,19)(H,18,20)/t10-,14+/m1/s1. The molecule has 0 fully saturated rings. The minimum atomic E-state index is -0.418. The van der Waals surface area contributed by atoms with Crippen LogP contribution in [0.5, 0.6) is 0 Å². The summed E-state index contributed by atoms with van der Waals surface area (Å²) in [5, 5.41) is 5.27. The fourth-order valence-electron chi connectivity index (χ4n) is 2.30. The molecule has 5 nitrogen and oxygen atoms in total. The maximum absolute atomic E-state index is 12.1. The first-order valence-electron chi connectivity index (χ1n) is 7.03. The third kappa shape index (κ3) is 3.17. The largest absolute Gasteiger partial charge is 0.467 e. The van der Waals surface area contributed by atoms with Crippen LogP contribution < -0.4 is 10.6 Å². The average molecular weight is 316 g/mol. The van der Waals surface area contributed by atoms with E-state index in [4.69, 9.17) is 4.42 Å². The highest BCUT2D eigenvalue weighted by molar-refractivity contribution is 8.01. The van der Waals surface area contributed by atoms with Crippen molar-refractivity contribution in [2.75, 3.05) is 5.32 Å². The number of amides is 2. The van der Waals surface area contributed by atoms with Crippen LogP contribution in [0.1, 0.15) is 25.1 Å². The van der Waals surface area contributed by atoms with Crippen molar-refractivity contribution in [1.82, 2.24) is 5.32 Å². The number of furan rings is 1. The summed E-state index contributed by atoms with van der Waals surface area (Å²) < 4.78 is 5.25. The second kappa shape index (κ2) is 6.27. The van der Waals surface area contributed by atoms with Gasteiger partial charge in [0.15, 0.2) is 0 Å². The van der Waals surface area contributed by atoms with Crippen molar-refractivity contribution in [3.8, 4) is 0 Å². The zero-order valence-corrected chi connectivity index (χ0v) is 12.9. The lowest BCUT2D eigenvalue weighted by Crippen LogP contribution is -2.35. The van der Waals surface area contributed by atoms with E-state index in [2.05, 4.69) is 10.6 Å². The van der Waals surface area contributed by atoms with Crippen molar-refractivity contribution in [2.45, 2.75) is 29.5 Å². The number of anilines is 1. The van der Waals surface area contributed by atoms with E-state index < -0.39 is 5.25 Å². The maximum Gasteiger partial charge on any atom is 0.238 e. The first kappa shape index (κ1) is 14.7. The quantitative estimate of drug-likeness (QED) is 0.909. The SMILES string of the molecule is C[C@@H](NC(=O)C[C@@H]1Sc2ccccc2NC1=O)c1ccco1. The highest BCUT2D eigenvalue weighted by Gasteiger charge is 2.29. The van der Waals surface area contributed by atoms with Gasteiger partial charge in [-0.05, 0) is 31.2 Å². The fraction of sp³-hybridized carbons (Fsp3) is 0.250. The number of carbonyl (C=O) groups is 2. The number of nitrogens with one attached hydrogen (secondary N) is 2. The van der Waals surface area contributed by atoms with E-state index in [1.165, 1.54) is 11.8 Å². The molecule has 2 atom stereocenters. The van der Waals surface area contributed by atoms with E-state index in [-0.39, 0.29) is 24.3 Å². The summed E-state index contributed by atoms with van der Waals surface area (Å²) in [4.78, 5) is 25.2. The van der Waals surface area contributed by atoms with Crippen LogP contribution in [-0.4, -0.2) is 17.1 Å². The molecular formula is C16H16N2O3S. The number of para-hydroxylation sites is 1. The number of hydrogen-bond acceptors (Lipinski definition) is 4. The van der Waals surface area contributed by atoms with Crippen LogP contribution in [0.25, 0.3) is 0 Å². The Morgan fingerprint density at radius 3 is 2.95 bits per heavy atom. The van der Waals surface area contributed by atoms with Crippen molar-refractivity contribution >= 4 is 29.3 Å². The Balaban J connectivity index is 1.61. The molecule has 114 valence electrons. The van der Waals surface area contributed by atoms with Crippen LogP contribution in [0.15, 0.2) is 52.0 Å². The lowest BCUT2D eigenvalue weighted by Gasteiger charge is -2.24. The van der Waals surface area contributed by atoms with Gasteiger partial charge in [-0.15, -0.1) is 11.8 Å². The lowest BCUT2D eigenvalue weighted by molar-refractivity contribution is -0.124. The van der Waals surface area contributed by atoms with Crippen LogP contribution in [0.3, 0.4) is 0 Å². The molecule has 2 N–H and O–H groups in total. The van der Waals surface area contributed by atoms with E-state index in [0.717, 1.165) is 10.6 Å². The van der Waals surface area contributed by atoms with E-state index >= 15 is 0 Å². The van der Waals surface area contributed by atoms with E-state index in [1.54, 1.807) is 12.3 Å². The van der Waals surface area contributed by atoms with E-state index in [1.807, 2.05) is 37.3 Å². The number of carbonyl (C=O) groups excluding carboxylic acids is 2. The predicted octanol–water partition coefficient (Wildman–Crippen LogP) is 2.96. The Bertz CT molecular complexity index is 684. The van der Waals surface area contributed by atoms with Crippen LogP contribution >= 0.6 is 11.8 Å². The lowest BCUT2D eigenvalue weighted by atomic mass is 10.2. The molecule has 1 aliphatic heterocycles. The Morgan fingerprint density at radius 1 is 1.36 bits per heavy atom. The van der Waals surface area contributed by atoms with Gasteiger partial charge >= 0.3 is 0 Å². The maximum atomic E-state index is 12.1. The van der Waals surface area contributed by atoms with Crippen LogP contribution in [-0.2, 0) is 9.59 Å². The van der Waals surface area contributed by atoms with E-state index in [9.17, 15) is 9.59 Å². The molecule has 0 unspecified atom stereocenters. The molecule has 2 aromatic rings. The average Bonchev–Trinajstić information content (AvgIpc) is 3.02. The van der Waals surface area contributed by atoms with E-state index in [0.29, 0.717) is 5.76 Å². The smallest absolute Gasteiger partial charge is 0.238 e. The molecule has 1 aromatic heterocycles. The molecule has 0 bridgehead atoms. The molecular weight excluding hydrogens is 300 g/mol. The molecule has 2 amide bonds. The molecule has 0 aliphatic carbocycles. The van der Waals surface area contributed by atoms with Gasteiger partial charge in [-0.2, -0.15) is 0 Å².